The van der Waals surface area contributed by atoms with E-state index in [2.05, 4.69) is 51.8 Å². The van der Waals surface area contributed by atoms with Crippen molar-refractivity contribution in [3.8, 4) is 0 Å². The van der Waals surface area contributed by atoms with Crippen LogP contribution in [-0.4, -0.2) is 0 Å². The number of allylic oxidation sites excluding steroid dienone is 3. The second-order valence-electron chi connectivity index (χ2n) is 4.51. The van der Waals surface area contributed by atoms with Crippen LogP contribution in [0.1, 0.15) is 28.5 Å². The molecule has 0 spiro atoms. The highest BCUT2D eigenvalue weighted by atomic mass is 32.1. The highest BCUT2D eigenvalue weighted by Gasteiger charge is 2.13. The lowest BCUT2D eigenvalue weighted by molar-refractivity contribution is 1.45. The zero-order valence-corrected chi connectivity index (χ0v) is 12.3. The molecule has 1 aromatic heterocycles. The molecule has 0 nitrogen and oxygen atoms in total. The molecule has 0 aliphatic rings. The number of hydrogen-bond donors (Lipinski definition) is 0. The first-order valence-electron chi connectivity index (χ1n) is 6.24. The van der Waals surface area contributed by atoms with E-state index in [1.807, 2.05) is 18.2 Å². The van der Waals surface area contributed by atoms with E-state index < -0.39 is 0 Å². The Labute approximate surface area is 119 Å². The van der Waals surface area contributed by atoms with Crippen molar-refractivity contribution < 1.29 is 0 Å². The Morgan fingerprint density at radius 1 is 1.16 bits per heavy atom. The van der Waals surface area contributed by atoms with Gasteiger partial charge in [-0.1, -0.05) is 56.2 Å². The van der Waals surface area contributed by atoms with E-state index in [-0.39, 0.29) is 0 Å². The van der Waals surface area contributed by atoms with Crippen LogP contribution in [0.3, 0.4) is 0 Å². The van der Waals surface area contributed by atoms with Gasteiger partial charge in [0.25, 0.3) is 0 Å². The van der Waals surface area contributed by atoms with E-state index >= 15 is 0 Å². The molecule has 1 heteroatoms. The van der Waals surface area contributed by atoms with E-state index in [1.54, 1.807) is 11.3 Å². The second-order valence-corrected chi connectivity index (χ2v) is 5.56. The van der Waals surface area contributed by atoms with Crippen molar-refractivity contribution in [2.45, 2.75) is 13.8 Å². The average molecular weight is 266 g/mol. The van der Waals surface area contributed by atoms with Gasteiger partial charge in [-0.25, -0.2) is 0 Å². The Morgan fingerprint density at radius 3 is 2.47 bits per heavy atom. The van der Waals surface area contributed by atoms with Crippen LogP contribution in [0.2, 0.25) is 0 Å². The zero-order chi connectivity index (χ0) is 14.0. The molecule has 0 saturated carbocycles. The number of aryl methyl sites for hydroxylation is 1. The molecule has 19 heavy (non-hydrogen) atoms. The topological polar surface area (TPSA) is 0 Å². The fourth-order valence-electron chi connectivity index (χ4n) is 2.41. The van der Waals surface area contributed by atoms with Crippen LogP contribution in [-0.2, 0) is 0 Å². The van der Waals surface area contributed by atoms with Gasteiger partial charge in [0.2, 0.25) is 0 Å². The lowest BCUT2D eigenvalue weighted by Crippen LogP contribution is -1.86. The maximum absolute atomic E-state index is 3.92. The van der Waals surface area contributed by atoms with E-state index in [0.29, 0.717) is 0 Å². The van der Waals surface area contributed by atoms with Crippen molar-refractivity contribution in [3.05, 3.63) is 65.6 Å². The summed E-state index contributed by atoms with van der Waals surface area (Å²) in [6.45, 7) is 15.9. The molecular formula is C18H18S. The molecule has 96 valence electrons. The van der Waals surface area contributed by atoms with Crippen LogP contribution in [0.15, 0.2) is 44.0 Å². The van der Waals surface area contributed by atoms with Crippen molar-refractivity contribution in [3.63, 3.8) is 0 Å². The average Bonchev–Trinajstić information content (AvgIpc) is 2.75. The number of benzene rings is 1. The van der Waals surface area contributed by atoms with Gasteiger partial charge in [0, 0.05) is 15.0 Å². The molecule has 0 aliphatic carbocycles. The van der Waals surface area contributed by atoms with Gasteiger partial charge in [-0.05, 0) is 36.1 Å². The molecule has 0 radical (unpaired) electrons. The Morgan fingerprint density at radius 2 is 1.89 bits per heavy atom. The van der Waals surface area contributed by atoms with Crippen molar-refractivity contribution in [2.24, 2.45) is 0 Å². The van der Waals surface area contributed by atoms with E-state index in [4.69, 9.17) is 0 Å². The maximum atomic E-state index is 3.92. The minimum Gasteiger partial charge on any atom is -0.135 e. The van der Waals surface area contributed by atoms with Crippen LogP contribution in [0.4, 0.5) is 0 Å². The lowest BCUT2D eigenvalue weighted by atomic mass is 9.98. The van der Waals surface area contributed by atoms with Crippen molar-refractivity contribution in [2.75, 3.05) is 0 Å². The second kappa shape index (κ2) is 5.41. The Balaban J connectivity index is 2.91. The Bertz CT molecular complexity index is 696. The first-order valence-corrected chi connectivity index (χ1v) is 7.06. The molecule has 0 unspecified atom stereocenters. The van der Waals surface area contributed by atoms with Gasteiger partial charge in [0.1, 0.15) is 0 Å². The van der Waals surface area contributed by atoms with Crippen LogP contribution in [0.25, 0.3) is 27.8 Å². The maximum Gasteiger partial charge on any atom is 0.0433 e. The van der Waals surface area contributed by atoms with Gasteiger partial charge in [-0.15, -0.1) is 11.3 Å². The minimum absolute atomic E-state index is 1.18. The predicted molar refractivity (Wildman–Crippen MR) is 90.6 cm³/mol. The predicted octanol–water partition coefficient (Wildman–Crippen LogP) is 6.09. The lowest BCUT2D eigenvalue weighted by Gasteiger charge is -2.07. The molecule has 0 aliphatic heterocycles. The van der Waals surface area contributed by atoms with Crippen molar-refractivity contribution in [1.29, 1.82) is 0 Å². The highest BCUT2D eigenvalue weighted by molar-refractivity contribution is 7.20. The van der Waals surface area contributed by atoms with Gasteiger partial charge in [0.05, 0.1) is 0 Å². The highest BCUT2D eigenvalue weighted by Crippen LogP contribution is 2.39. The van der Waals surface area contributed by atoms with E-state index in [1.165, 1.54) is 37.2 Å². The molecule has 0 fully saturated rings. The SMILES string of the molecule is C=C/C=C(\C)c1c(C)ccc2c(C=C)c(C=C)sc12. The molecule has 0 saturated heterocycles. The summed E-state index contributed by atoms with van der Waals surface area (Å²) < 4.78 is 1.31. The first-order chi connectivity index (χ1) is 9.13. The van der Waals surface area contributed by atoms with Gasteiger partial charge in [-0.2, -0.15) is 0 Å². The first kappa shape index (κ1) is 13.6. The molecule has 0 N–H and O–H groups in total. The smallest absolute Gasteiger partial charge is 0.0433 e. The number of rotatable bonds is 4. The standard InChI is InChI=1S/C18H18S/c1-6-9-12(4)17-13(5)10-11-15-14(7-2)16(8-3)19-18(15)17/h6-11H,1-3H2,4-5H3/b12-9+. The molecule has 2 rings (SSSR count). The summed E-state index contributed by atoms with van der Waals surface area (Å²) in [7, 11) is 0. The van der Waals surface area contributed by atoms with Gasteiger partial charge < -0.3 is 0 Å². The summed E-state index contributed by atoms with van der Waals surface area (Å²) in [6.07, 6.45) is 7.72. The molecule has 1 heterocycles. The third-order valence-electron chi connectivity index (χ3n) is 3.29. The summed E-state index contributed by atoms with van der Waals surface area (Å²) in [5.41, 5.74) is 5.02. The summed E-state index contributed by atoms with van der Waals surface area (Å²) in [6, 6.07) is 4.35. The van der Waals surface area contributed by atoms with E-state index in [9.17, 15) is 0 Å². The third kappa shape index (κ3) is 2.22. The quantitative estimate of drug-likeness (QED) is 0.588. The summed E-state index contributed by atoms with van der Waals surface area (Å²) in [4.78, 5) is 1.18. The Hall–Kier alpha value is -1.86. The molecule has 0 bridgehead atoms. The van der Waals surface area contributed by atoms with E-state index in [0.717, 1.165) is 0 Å². The normalized spacial score (nSPS) is 11.6. The summed E-state index contributed by atoms with van der Waals surface area (Å²) in [5.74, 6) is 0. The molecule has 2 aromatic rings. The van der Waals surface area contributed by atoms with Crippen LogP contribution in [0, 0.1) is 6.92 Å². The van der Waals surface area contributed by atoms with Crippen molar-refractivity contribution in [1.82, 2.24) is 0 Å². The van der Waals surface area contributed by atoms with Crippen molar-refractivity contribution >= 4 is 39.1 Å². The van der Waals surface area contributed by atoms with Gasteiger partial charge in [-0.3, -0.25) is 0 Å². The third-order valence-corrected chi connectivity index (χ3v) is 4.52. The summed E-state index contributed by atoms with van der Waals surface area (Å²) in [5, 5.41) is 1.26. The fourth-order valence-corrected chi connectivity index (χ4v) is 3.73. The summed E-state index contributed by atoms with van der Waals surface area (Å²) >= 11 is 1.78. The van der Waals surface area contributed by atoms with Gasteiger partial charge in [0.15, 0.2) is 0 Å². The molecular weight excluding hydrogens is 248 g/mol. The zero-order valence-electron chi connectivity index (χ0n) is 11.5. The van der Waals surface area contributed by atoms with Crippen LogP contribution < -0.4 is 0 Å². The van der Waals surface area contributed by atoms with Gasteiger partial charge >= 0.3 is 0 Å². The fraction of sp³-hybridized carbons (Fsp3) is 0.111. The largest absolute Gasteiger partial charge is 0.135 e. The minimum atomic E-state index is 1.18. The molecule has 0 amide bonds. The number of fused-ring (bicyclic) bond motifs is 1. The Kier molecular flexibility index (Phi) is 3.87. The van der Waals surface area contributed by atoms with Crippen LogP contribution >= 0.6 is 11.3 Å². The number of thiophene rings is 1. The molecule has 0 atom stereocenters. The number of hydrogen-bond acceptors (Lipinski definition) is 1. The molecule has 1 aromatic carbocycles. The van der Waals surface area contributed by atoms with Crippen LogP contribution in [0.5, 0.6) is 0 Å². The monoisotopic (exact) mass is 266 g/mol.